The number of carbonyl (C=O) groups excluding carboxylic acids is 1. The van der Waals surface area contributed by atoms with Crippen LogP contribution in [0, 0.1) is 11.3 Å². The van der Waals surface area contributed by atoms with Crippen LogP contribution in [0.3, 0.4) is 0 Å². The second-order valence-electron chi connectivity index (χ2n) is 3.73. The van der Waals surface area contributed by atoms with Gasteiger partial charge in [-0.1, -0.05) is 0 Å². The molecule has 0 N–H and O–H groups in total. The highest BCUT2D eigenvalue weighted by Crippen LogP contribution is 2.01. The molecule has 0 aliphatic heterocycles. The molecule has 0 saturated heterocycles. The molecule has 0 aromatic rings. The third kappa shape index (κ3) is 4.83. The maximum Gasteiger partial charge on any atom is 0.223 e. The van der Waals surface area contributed by atoms with Crippen LogP contribution >= 0.6 is 0 Å². The molecule has 0 aliphatic rings. The Labute approximate surface area is 86.1 Å². The zero-order chi connectivity index (χ0) is 11.1. The van der Waals surface area contributed by atoms with E-state index in [1.54, 1.807) is 19.0 Å². The van der Waals surface area contributed by atoms with Crippen LogP contribution < -0.4 is 0 Å². The summed E-state index contributed by atoms with van der Waals surface area (Å²) in [5, 5.41) is 8.50. The molecular formula is C10H19N3O. The average Bonchev–Trinajstić information content (AvgIpc) is 2.13. The minimum absolute atomic E-state index is 0.126. The van der Waals surface area contributed by atoms with Crippen molar-refractivity contribution in [1.29, 1.82) is 5.26 Å². The Bertz CT molecular complexity index is 220. The molecule has 0 aliphatic carbocycles. The molecule has 1 unspecified atom stereocenters. The van der Waals surface area contributed by atoms with Crippen molar-refractivity contribution in [2.24, 2.45) is 0 Å². The summed E-state index contributed by atoms with van der Waals surface area (Å²) in [7, 11) is 5.44. The second-order valence-corrected chi connectivity index (χ2v) is 3.73. The third-order valence-corrected chi connectivity index (χ3v) is 2.32. The minimum atomic E-state index is 0.126. The number of rotatable bonds is 5. The van der Waals surface area contributed by atoms with Gasteiger partial charge in [-0.15, -0.1) is 0 Å². The first-order chi connectivity index (χ1) is 6.49. The van der Waals surface area contributed by atoms with Gasteiger partial charge >= 0.3 is 0 Å². The molecule has 4 nitrogen and oxygen atoms in total. The van der Waals surface area contributed by atoms with Gasteiger partial charge in [0.2, 0.25) is 5.91 Å². The predicted molar refractivity (Wildman–Crippen MR) is 55.6 cm³/mol. The lowest BCUT2D eigenvalue weighted by atomic mass is 10.2. The summed E-state index contributed by atoms with van der Waals surface area (Å²) in [4.78, 5) is 14.9. The standard InChI is InChI=1S/C10H19N3O/c1-9(5-7-11)13(4)8-6-10(14)12(2)3/h9H,5-6,8H2,1-4H3. The Morgan fingerprint density at radius 3 is 2.43 bits per heavy atom. The van der Waals surface area contributed by atoms with Crippen molar-refractivity contribution in [3.05, 3.63) is 0 Å². The van der Waals surface area contributed by atoms with Crippen molar-refractivity contribution in [2.75, 3.05) is 27.7 Å². The normalized spacial score (nSPS) is 12.3. The van der Waals surface area contributed by atoms with Crippen LogP contribution in [-0.4, -0.2) is 49.4 Å². The Morgan fingerprint density at radius 1 is 1.43 bits per heavy atom. The molecule has 0 bridgehead atoms. The van der Waals surface area contributed by atoms with E-state index in [9.17, 15) is 4.79 Å². The fourth-order valence-corrected chi connectivity index (χ4v) is 1.00. The largest absolute Gasteiger partial charge is 0.349 e. The molecule has 0 saturated carbocycles. The van der Waals surface area contributed by atoms with Gasteiger partial charge in [0.25, 0.3) is 0 Å². The van der Waals surface area contributed by atoms with Crippen molar-refractivity contribution in [1.82, 2.24) is 9.80 Å². The van der Waals surface area contributed by atoms with Crippen LogP contribution in [0.4, 0.5) is 0 Å². The van der Waals surface area contributed by atoms with Crippen molar-refractivity contribution < 1.29 is 4.79 Å². The Kier molecular flexibility index (Phi) is 5.89. The van der Waals surface area contributed by atoms with Gasteiger partial charge in [0.1, 0.15) is 0 Å². The van der Waals surface area contributed by atoms with Gasteiger partial charge in [-0.2, -0.15) is 5.26 Å². The Balaban J connectivity index is 3.79. The van der Waals surface area contributed by atoms with Crippen LogP contribution in [0.15, 0.2) is 0 Å². The molecule has 0 radical (unpaired) electrons. The summed E-state index contributed by atoms with van der Waals surface area (Å²) >= 11 is 0. The zero-order valence-electron chi connectivity index (χ0n) is 9.45. The van der Waals surface area contributed by atoms with Crippen molar-refractivity contribution in [3.63, 3.8) is 0 Å². The van der Waals surface area contributed by atoms with E-state index in [0.717, 1.165) is 0 Å². The van der Waals surface area contributed by atoms with E-state index in [1.165, 1.54) is 0 Å². The first kappa shape index (κ1) is 12.9. The van der Waals surface area contributed by atoms with Gasteiger partial charge in [-0.25, -0.2) is 0 Å². The monoisotopic (exact) mass is 197 g/mol. The number of carbonyl (C=O) groups is 1. The SMILES string of the molecule is CC(CC#N)N(C)CCC(=O)N(C)C. The lowest BCUT2D eigenvalue weighted by Gasteiger charge is -2.22. The van der Waals surface area contributed by atoms with Gasteiger partial charge in [-0.05, 0) is 14.0 Å². The van der Waals surface area contributed by atoms with Crippen LogP contribution in [0.2, 0.25) is 0 Å². The Hall–Kier alpha value is -1.08. The topological polar surface area (TPSA) is 47.3 Å². The van der Waals surface area contributed by atoms with Crippen molar-refractivity contribution in [3.8, 4) is 6.07 Å². The van der Waals surface area contributed by atoms with Gasteiger partial charge in [0, 0.05) is 33.1 Å². The highest BCUT2D eigenvalue weighted by Gasteiger charge is 2.11. The molecule has 0 aromatic heterocycles. The van der Waals surface area contributed by atoms with E-state index < -0.39 is 0 Å². The van der Waals surface area contributed by atoms with E-state index in [0.29, 0.717) is 19.4 Å². The molecule has 0 aromatic carbocycles. The summed E-state index contributed by atoms with van der Waals surface area (Å²) in [5.74, 6) is 0.126. The number of nitriles is 1. The molecule has 0 heterocycles. The summed E-state index contributed by atoms with van der Waals surface area (Å²) in [5.41, 5.74) is 0. The number of hydrogen-bond donors (Lipinski definition) is 0. The molecule has 4 heteroatoms. The fourth-order valence-electron chi connectivity index (χ4n) is 1.00. The third-order valence-electron chi connectivity index (χ3n) is 2.32. The Morgan fingerprint density at radius 2 is 2.00 bits per heavy atom. The molecule has 1 atom stereocenters. The maximum absolute atomic E-state index is 11.3. The van der Waals surface area contributed by atoms with E-state index in [-0.39, 0.29) is 11.9 Å². The quantitative estimate of drug-likeness (QED) is 0.651. The van der Waals surface area contributed by atoms with Crippen LogP contribution in [-0.2, 0) is 4.79 Å². The second kappa shape index (κ2) is 6.39. The van der Waals surface area contributed by atoms with Gasteiger partial charge in [0.15, 0.2) is 0 Å². The van der Waals surface area contributed by atoms with Gasteiger partial charge in [0.05, 0.1) is 12.5 Å². The molecule has 0 rings (SSSR count). The summed E-state index contributed by atoms with van der Waals surface area (Å²) in [6, 6.07) is 2.34. The lowest BCUT2D eigenvalue weighted by Crippen LogP contribution is -2.33. The lowest BCUT2D eigenvalue weighted by molar-refractivity contribution is -0.129. The smallest absolute Gasteiger partial charge is 0.223 e. The van der Waals surface area contributed by atoms with Gasteiger partial charge < -0.3 is 9.80 Å². The van der Waals surface area contributed by atoms with Gasteiger partial charge in [-0.3, -0.25) is 4.79 Å². The molecule has 0 fully saturated rings. The first-order valence-electron chi connectivity index (χ1n) is 4.76. The molecule has 14 heavy (non-hydrogen) atoms. The number of hydrogen-bond acceptors (Lipinski definition) is 3. The minimum Gasteiger partial charge on any atom is -0.349 e. The fraction of sp³-hybridized carbons (Fsp3) is 0.800. The predicted octanol–water partition coefficient (Wildman–Crippen LogP) is 0.699. The van der Waals surface area contributed by atoms with Crippen molar-refractivity contribution in [2.45, 2.75) is 25.8 Å². The first-order valence-corrected chi connectivity index (χ1v) is 4.76. The molecule has 80 valence electrons. The zero-order valence-corrected chi connectivity index (χ0v) is 9.45. The van der Waals surface area contributed by atoms with E-state index >= 15 is 0 Å². The van der Waals surface area contributed by atoms with Crippen LogP contribution in [0.1, 0.15) is 19.8 Å². The molecular weight excluding hydrogens is 178 g/mol. The van der Waals surface area contributed by atoms with E-state index in [4.69, 9.17) is 5.26 Å². The molecule has 0 spiro atoms. The van der Waals surface area contributed by atoms with Crippen molar-refractivity contribution >= 4 is 5.91 Å². The van der Waals surface area contributed by atoms with E-state index in [2.05, 4.69) is 6.07 Å². The summed E-state index contributed by atoms with van der Waals surface area (Å²) in [6.07, 6.45) is 1.02. The number of nitrogens with zero attached hydrogens (tertiary/aromatic N) is 3. The van der Waals surface area contributed by atoms with E-state index in [1.807, 2.05) is 18.9 Å². The highest BCUT2D eigenvalue weighted by atomic mass is 16.2. The maximum atomic E-state index is 11.3. The van der Waals surface area contributed by atoms with Crippen LogP contribution in [0.5, 0.6) is 0 Å². The highest BCUT2D eigenvalue weighted by molar-refractivity contribution is 5.75. The number of amides is 1. The summed E-state index contributed by atoms with van der Waals surface area (Å²) in [6.45, 7) is 2.70. The van der Waals surface area contributed by atoms with Crippen LogP contribution in [0.25, 0.3) is 0 Å². The molecule has 1 amide bonds. The summed E-state index contributed by atoms with van der Waals surface area (Å²) < 4.78 is 0. The average molecular weight is 197 g/mol.